The number of amides is 2. The first-order chi connectivity index (χ1) is 16.3. The number of hydrogen-bond acceptors (Lipinski definition) is 5. The summed E-state index contributed by atoms with van der Waals surface area (Å²) in [5, 5.41) is 14.6. The number of hydrogen-bond donors (Lipinski definition) is 3. The van der Waals surface area contributed by atoms with E-state index in [4.69, 9.17) is 4.74 Å². The summed E-state index contributed by atoms with van der Waals surface area (Å²) in [6.07, 6.45) is 0.225. The molecule has 0 spiro atoms. The Hall–Kier alpha value is -3.39. The maximum atomic E-state index is 12.8. The largest absolute Gasteiger partial charge is 0.481 e. The number of carboxylic acids is 1. The van der Waals surface area contributed by atoms with Gasteiger partial charge >= 0.3 is 12.1 Å². The summed E-state index contributed by atoms with van der Waals surface area (Å²) >= 11 is 0. The van der Waals surface area contributed by atoms with Crippen LogP contribution >= 0.6 is 0 Å². The topological polar surface area (TPSA) is 108 Å². The number of fused-ring (bicyclic) bond motifs is 3. The van der Waals surface area contributed by atoms with Crippen molar-refractivity contribution in [1.29, 1.82) is 0 Å². The highest BCUT2D eigenvalue weighted by Crippen LogP contribution is 2.44. The molecule has 2 aromatic rings. The van der Waals surface area contributed by atoms with Crippen LogP contribution in [-0.2, 0) is 14.3 Å². The van der Waals surface area contributed by atoms with Crippen LogP contribution < -0.4 is 10.6 Å². The van der Waals surface area contributed by atoms with Gasteiger partial charge in [0.15, 0.2) is 0 Å². The van der Waals surface area contributed by atoms with Crippen LogP contribution in [0.15, 0.2) is 48.5 Å². The van der Waals surface area contributed by atoms with E-state index in [1.54, 1.807) is 0 Å². The fourth-order valence-electron chi connectivity index (χ4n) is 4.89. The monoisotopic (exact) mass is 465 g/mol. The number of nitrogens with one attached hydrogen (secondary N) is 2. The lowest BCUT2D eigenvalue weighted by Crippen LogP contribution is -2.53. The summed E-state index contributed by atoms with van der Waals surface area (Å²) in [4.78, 5) is 39.0. The van der Waals surface area contributed by atoms with Gasteiger partial charge in [-0.05, 0) is 49.1 Å². The molecule has 2 aliphatic rings. The molecule has 3 unspecified atom stereocenters. The Morgan fingerprint density at radius 3 is 2.29 bits per heavy atom. The van der Waals surface area contributed by atoms with E-state index in [0.29, 0.717) is 6.04 Å². The number of likely N-dealkylation sites (tertiary alicyclic amines) is 1. The van der Waals surface area contributed by atoms with E-state index in [-0.39, 0.29) is 18.6 Å². The Balaban J connectivity index is 1.38. The summed E-state index contributed by atoms with van der Waals surface area (Å²) in [5.41, 5.74) is 4.38. The molecule has 0 saturated carbocycles. The van der Waals surface area contributed by atoms with Crippen LogP contribution in [0.5, 0.6) is 0 Å². The highest BCUT2D eigenvalue weighted by atomic mass is 16.5. The van der Waals surface area contributed by atoms with Crippen molar-refractivity contribution in [1.82, 2.24) is 15.5 Å². The van der Waals surface area contributed by atoms with Gasteiger partial charge in [-0.15, -0.1) is 0 Å². The SMILES string of the molecule is CC1CC(NC(=O)C(CC(=O)O)NC(=O)OCC2c3ccccc3-c3ccccc32)CCN1C. The first-order valence-electron chi connectivity index (χ1n) is 11.7. The molecule has 2 aromatic carbocycles. The van der Waals surface area contributed by atoms with E-state index >= 15 is 0 Å². The number of carbonyl (C=O) groups is 3. The van der Waals surface area contributed by atoms with Gasteiger partial charge in [0.2, 0.25) is 5.91 Å². The molecule has 180 valence electrons. The number of ether oxygens (including phenoxy) is 1. The number of rotatable bonds is 7. The second kappa shape index (κ2) is 10.3. The minimum absolute atomic E-state index is 0.0562. The van der Waals surface area contributed by atoms with E-state index in [1.165, 1.54) is 0 Å². The van der Waals surface area contributed by atoms with Gasteiger partial charge in [-0.1, -0.05) is 48.5 Å². The molecule has 34 heavy (non-hydrogen) atoms. The van der Waals surface area contributed by atoms with Crippen LogP contribution in [0.3, 0.4) is 0 Å². The fraction of sp³-hybridized carbons (Fsp3) is 0.423. The number of carboxylic acid groups (broad SMARTS) is 1. The Labute approximate surface area is 199 Å². The predicted molar refractivity (Wildman–Crippen MR) is 128 cm³/mol. The highest BCUT2D eigenvalue weighted by molar-refractivity contribution is 5.89. The van der Waals surface area contributed by atoms with Crippen LogP contribution in [0.2, 0.25) is 0 Å². The van der Waals surface area contributed by atoms with E-state index in [0.717, 1.165) is 41.6 Å². The van der Waals surface area contributed by atoms with Crippen LogP contribution in [0.1, 0.15) is 43.2 Å². The van der Waals surface area contributed by atoms with Crippen molar-refractivity contribution < 1.29 is 24.2 Å². The van der Waals surface area contributed by atoms with Gasteiger partial charge in [0.25, 0.3) is 0 Å². The van der Waals surface area contributed by atoms with Gasteiger partial charge < -0.3 is 25.4 Å². The number of aliphatic carboxylic acids is 1. The summed E-state index contributed by atoms with van der Waals surface area (Å²) in [6.45, 7) is 3.02. The third-order valence-corrected chi connectivity index (χ3v) is 6.89. The summed E-state index contributed by atoms with van der Waals surface area (Å²) in [5.74, 6) is -1.79. The van der Waals surface area contributed by atoms with Crippen LogP contribution in [-0.4, -0.2) is 66.3 Å². The molecule has 3 atom stereocenters. The Morgan fingerprint density at radius 1 is 1.09 bits per heavy atom. The molecule has 2 amide bonds. The predicted octanol–water partition coefficient (Wildman–Crippen LogP) is 2.97. The molecule has 0 bridgehead atoms. The summed E-state index contributed by atoms with van der Waals surface area (Å²) < 4.78 is 5.49. The van der Waals surface area contributed by atoms with Crippen molar-refractivity contribution in [3.63, 3.8) is 0 Å². The van der Waals surface area contributed by atoms with Crippen molar-refractivity contribution in [2.75, 3.05) is 20.2 Å². The molecular formula is C26H31N3O5. The first kappa shape index (κ1) is 23.8. The lowest BCUT2D eigenvalue weighted by molar-refractivity contribution is -0.140. The van der Waals surface area contributed by atoms with Crippen molar-refractivity contribution in [2.24, 2.45) is 0 Å². The second-order valence-electron chi connectivity index (χ2n) is 9.18. The molecule has 4 rings (SSSR count). The quantitative estimate of drug-likeness (QED) is 0.580. The first-order valence-corrected chi connectivity index (χ1v) is 11.7. The van der Waals surface area contributed by atoms with Gasteiger partial charge in [0.1, 0.15) is 12.6 Å². The summed E-state index contributed by atoms with van der Waals surface area (Å²) in [7, 11) is 2.04. The number of nitrogens with zero attached hydrogens (tertiary/aromatic N) is 1. The summed E-state index contributed by atoms with van der Waals surface area (Å²) in [6, 6.07) is 15.0. The van der Waals surface area contributed by atoms with Crippen LogP contribution in [0.4, 0.5) is 4.79 Å². The smallest absolute Gasteiger partial charge is 0.407 e. The van der Waals surface area contributed by atoms with E-state index in [2.05, 4.69) is 22.5 Å². The van der Waals surface area contributed by atoms with Gasteiger partial charge in [-0.2, -0.15) is 0 Å². The molecule has 1 aliphatic heterocycles. The Kier molecular flexibility index (Phi) is 7.17. The molecule has 8 nitrogen and oxygen atoms in total. The molecule has 1 fully saturated rings. The Morgan fingerprint density at radius 2 is 1.71 bits per heavy atom. The highest BCUT2D eigenvalue weighted by Gasteiger charge is 2.31. The van der Waals surface area contributed by atoms with E-state index in [9.17, 15) is 19.5 Å². The fourth-order valence-corrected chi connectivity index (χ4v) is 4.89. The third kappa shape index (κ3) is 5.22. The molecule has 0 radical (unpaired) electrons. The minimum Gasteiger partial charge on any atom is -0.481 e. The molecular weight excluding hydrogens is 434 g/mol. The number of alkyl carbamates (subject to hydrolysis) is 1. The van der Waals surface area contributed by atoms with Crippen LogP contribution in [0, 0.1) is 0 Å². The van der Waals surface area contributed by atoms with E-state index < -0.39 is 30.4 Å². The maximum Gasteiger partial charge on any atom is 0.407 e. The standard InChI is InChI=1S/C26H31N3O5/c1-16-13-17(11-12-29(16)2)27-25(32)23(14-24(30)31)28-26(33)34-15-22-20-9-5-3-7-18(20)19-8-4-6-10-21(19)22/h3-10,16-17,22-23H,11-15H2,1-2H3,(H,27,32)(H,28,33)(H,30,31). The molecule has 1 saturated heterocycles. The van der Waals surface area contributed by atoms with Crippen molar-refractivity contribution in [2.45, 2.75) is 50.2 Å². The number of carbonyl (C=O) groups excluding carboxylic acids is 2. The second-order valence-corrected chi connectivity index (χ2v) is 9.18. The van der Waals surface area contributed by atoms with Crippen molar-refractivity contribution in [3.8, 4) is 11.1 Å². The van der Waals surface area contributed by atoms with E-state index in [1.807, 2.05) is 55.6 Å². The van der Waals surface area contributed by atoms with Gasteiger partial charge in [0, 0.05) is 24.5 Å². The molecule has 3 N–H and O–H groups in total. The zero-order valence-corrected chi connectivity index (χ0v) is 19.5. The average molecular weight is 466 g/mol. The minimum atomic E-state index is -1.21. The Bertz CT molecular complexity index is 1030. The van der Waals surface area contributed by atoms with Crippen molar-refractivity contribution in [3.05, 3.63) is 59.7 Å². The van der Waals surface area contributed by atoms with Gasteiger partial charge in [-0.3, -0.25) is 9.59 Å². The van der Waals surface area contributed by atoms with Crippen LogP contribution in [0.25, 0.3) is 11.1 Å². The molecule has 1 heterocycles. The lowest BCUT2D eigenvalue weighted by atomic mass is 9.98. The zero-order valence-electron chi connectivity index (χ0n) is 19.5. The normalized spacial score (nSPS) is 20.6. The zero-order chi connectivity index (χ0) is 24.2. The molecule has 1 aliphatic carbocycles. The van der Waals surface area contributed by atoms with Crippen molar-refractivity contribution >= 4 is 18.0 Å². The molecule has 8 heteroatoms. The average Bonchev–Trinajstić information content (AvgIpc) is 3.13. The molecule has 0 aromatic heterocycles. The number of benzene rings is 2. The van der Waals surface area contributed by atoms with Gasteiger partial charge in [0.05, 0.1) is 6.42 Å². The van der Waals surface area contributed by atoms with Gasteiger partial charge in [-0.25, -0.2) is 4.79 Å². The maximum absolute atomic E-state index is 12.8. The lowest BCUT2D eigenvalue weighted by Gasteiger charge is -2.35. The third-order valence-electron chi connectivity index (χ3n) is 6.89. The number of piperidine rings is 1.